The lowest BCUT2D eigenvalue weighted by Gasteiger charge is -2.36. The van der Waals surface area contributed by atoms with Crippen LogP contribution >= 0.6 is 0 Å². The fourth-order valence-corrected chi connectivity index (χ4v) is 3.97. The lowest BCUT2D eigenvalue weighted by Crippen LogP contribution is -2.44. The summed E-state index contributed by atoms with van der Waals surface area (Å²) in [6, 6.07) is 5.13. The van der Waals surface area contributed by atoms with E-state index in [1.54, 1.807) is 19.1 Å². The predicted octanol–water partition coefficient (Wildman–Crippen LogP) is 2.84. The first-order chi connectivity index (χ1) is 12.5. The van der Waals surface area contributed by atoms with Crippen LogP contribution in [0.4, 0.5) is 10.1 Å². The summed E-state index contributed by atoms with van der Waals surface area (Å²) >= 11 is 0. The van der Waals surface area contributed by atoms with Gasteiger partial charge in [0.2, 0.25) is 0 Å². The molecule has 0 aromatic heterocycles. The van der Waals surface area contributed by atoms with Gasteiger partial charge >= 0.3 is 11.8 Å². The van der Waals surface area contributed by atoms with Gasteiger partial charge in [0, 0.05) is 18.3 Å². The van der Waals surface area contributed by atoms with Crippen molar-refractivity contribution in [3.8, 4) is 0 Å². The molecule has 1 aliphatic heterocycles. The molecule has 1 heterocycles. The monoisotopic (exact) mass is 361 g/mol. The van der Waals surface area contributed by atoms with Crippen LogP contribution in [0.3, 0.4) is 0 Å². The molecule has 0 atom stereocenters. The topological polar surface area (TPSA) is 61.4 Å². The van der Waals surface area contributed by atoms with Crippen LogP contribution in [0.15, 0.2) is 18.2 Å². The summed E-state index contributed by atoms with van der Waals surface area (Å²) in [6.07, 6.45) is 7.45. The number of amides is 2. The number of benzene rings is 1. The molecule has 5 nitrogen and oxygen atoms in total. The Morgan fingerprint density at radius 3 is 2.46 bits per heavy atom. The van der Waals surface area contributed by atoms with E-state index in [1.807, 2.05) is 0 Å². The largest absolute Gasteiger partial charge is 0.348 e. The zero-order valence-electron chi connectivity index (χ0n) is 15.4. The number of piperidine rings is 1. The summed E-state index contributed by atoms with van der Waals surface area (Å²) in [4.78, 5) is 26.5. The van der Waals surface area contributed by atoms with Gasteiger partial charge in [0.05, 0.1) is 0 Å². The van der Waals surface area contributed by atoms with E-state index in [2.05, 4.69) is 15.5 Å². The molecule has 1 aromatic rings. The van der Waals surface area contributed by atoms with Gasteiger partial charge in [0.15, 0.2) is 0 Å². The second-order valence-electron chi connectivity index (χ2n) is 7.55. The van der Waals surface area contributed by atoms with E-state index >= 15 is 0 Å². The molecule has 2 fully saturated rings. The number of likely N-dealkylation sites (tertiary alicyclic amines) is 1. The van der Waals surface area contributed by atoms with Gasteiger partial charge in [0.1, 0.15) is 5.82 Å². The highest BCUT2D eigenvalue weighted by Gasteiger charge is 2.27. The number of halogens is 1. The Balaban J connectivity index is 1.39. The zero-order chi connectivity index (χ0) is 18.5. The summed E-state index contributed by atoms with van der Waals surface area (Å²) in [5.74, 6) is -1.40. The van der Waals surface area contributed by atoms with Crippen molar-refractivity contribution >= 4 is 17.5 Å². The fourth-order valence-electron chi connectivity index (χ4n) is 3.97. The first kappa shape index (κ1) is 18.8. The number of anilines is 1. The Hall–Kier alpha value is -1.95. The van der Waals surface area contributed by atoms with E-state index in [1.165, 1.54) is 31.7 Å². The molecule has 2 amide bonds. The van der Waals surface area contributed by atoms with Crippen molar-refractivity contribution in [1.82, 2.24) is 10.2 Å². The summed E-state index contributed by atoms with van der Waals surface area (Å²) in [6.45, 7) is 4.33. The van der Waals surface area contributed by atoms with Gasteiger partial charge in [-0.25, -0.2) is 4.39 Å². The SMILES string of the molecule is Cc1ccc(NC(=O)C(=O)NCC2CCN(C3CCCC3)CC2)cc1F. The normalized spacial score (nSPS) is 19.5. The van der Waals surface area contributed by atoms with Gasteiger partial charge in [-0.15, -0.1) is 0 Å². The van der Waals surface area contributed by atoms with E-state index < -0.39 is 17.6 Å². The second-order valence-corrected chi connectivity index (χ2v) is 7.55. The molecule has 0 spiro atoms. The van der Waals surface area contributed by atoms with Crippen molar-refractivity contribution in [2.24, 2.45) is 5.92 Å². The number of nitrogens with one attached hydrogen (secondary N) is 2. The van der Waals surface area contributed by atoms with Gasteiger partial charge in [0.25, 0.3) is 0 Å². The minimum atomic E-state index is -0.753. The molecular weight excluding hydrogens is 333 g/mol. The third-order valence-corrected chi connectivity index (χ3v) is 5.68. The molecule has 2 aliphatic rings. The Labute approximate surface area is 154 Å². The predicted molar refractivity (Wildman–Crippen MR) is 99.3 cm³/mol. The molecule has 3 rings (SSSR count). The summed E-state index contributed by atoms with van der Waals surface area (Å²) in [5, 5.41) is 5.16. The number of rotatable bonds is 4. The van der Waals surface area contributed by atoms with Gasteiger partial charge in [-0.1, -0.05) is 18.9 Å². The molecule has 26 heavy (non-hydrogen) atoms. The van der Waals surface area contributed by atoms with Crippen LogP contribution in [0.1, 0.15) is 44.1 Å². The van der Waals surface area contributed by atoms with Crippen molar-refractivity contribution in [2.75, 3.05) is 25.0 Å². The average Bonchev–Trinajstić information content (AvgIpc) is 3.18. The summed E-state index contributed by atoms with van der Waals surface area (Å²) < 4.78 is 13.5. The minimum absolute atomic E-state index is 0.290. The zero-order valence-corrected chi connectivity index (χ0v) is 15.4. The first-order valence-corrected chi connectivity index (χ1v) is 9.62. The lowest BCUT2D eigenvalue weighted by atomic mass is 9.95. The Morgan fingerprint density at radius 1 is 1.12 bits per heavy atom. The number of hydrogen-bond donors (Lipinski definition) is 2. The number of carbonyl (C=O) groups excluding carboxylic acids is 2. The Morgan fingerprint density at radius 2 is 1.81 bits per heavy atom. The van der Waals surface area contributed by atoms with Gasteiger partial charge in [-0.2, -0.15) is 0 Å². The van der Waals surface area contributed by atoms with E-state index in [4.69, 9.17) is 0 Å². The standard InChI is InChI=1S/C20H28FN3O2/c1-14-6-7-16(12-18(14)21)23-20(26)19(25)22-13-15-8-10-24(11-9-15)17-4-2-3-5-17/h6-7,12,15,17H,2-5,8-11,13H2,1H3,(H,22,25)(H,23,26). The van der Waals surface area contributed by atoms with Crippen molar-refractivity contribution in [3.05, 3.63) is 29.6 Å². The third kappa shape index (κ3) is 4.81. The number of carbonyl (C=O) groups is 2. The molecular formula is C20H28FN3O2. The molecule has 1 saturated carbocycles. The maximum atomic E-state index is 13.5. The van der Waals surface area contributed by atoms with E-state index in [0.29, 0.717) is 18.0 Å². The van der Waals surface area contributed by atoms with Crippen LogP contribution < -0.4 is 10.6 Å². The molecule has 0 bridgehead atoms. The van der Waals surface area contributed by atoms with Crippen LogP contribution in [0, 0.1) is 18.7 Å². The summed E-state index contributed by atoms with van der Waals surface area (Å²) in [5.41, 5.74) is 0.787. The highest BCUT2D eigenvalue weighted by atomic mass is 19.1. The van der Waals surface area contributed by atoms with Crippen molar-refractivity contribution in [2.45, 2.75) is 51.5 Å². The lowest BCUT2D eigenvalue weighted by molar-refractivity contribution is -0.136. The number of aryl methyl sites for hydroxylation is 1. The quantitative estimate of drug-likeness (QED) is 0.811. The van der Waals surface area contributed by atoms with E-state index in [-0.39, 0.29) is 5.69 Å². The van der Waals surface area contributed by atoms with Crippen LogP contribution in [-0.2, 0) is 9.59 Å². The Bertz CT molecular complexity index is 650. The molecule has 2 N–H and O–H groups in total. The minimum Gasteiger partial charge on any atom is -0.348 e. The van der Waals surface area contributed by atoms with Gasteiger partial charge in [-0.05, 0) is 69.3 Å². The number of nitrogens with zero attached hydrogens (tertiary/aromatic N) is 1. The second kappa shape index (κ2) is 8.62. The highest BCUT2D eigenvalue weighted by Crippen LogP contribution is 2.27. The average molecular weight is 361 g/mol. The molecule has 0 radical (unpaired) electrons. The van der Waals surface area contributed by atoms with Gasteiger partial charge in [-0.3, -0.25) is 9.59 Å². The maximum Gasteiger partial charge on any atom is 0.313 e. The smallest absolute Gasteiger partial charge is 0.313 e. The fraction of sp³-hybridized carbons (Fsp3) is 0.600. The molecule has 1 saturated heterocycles. The van der Waals surface area contributed by atoms with Crippen molar-refractivity contribution < 1.29 is 14.0 Å². The molecule has 1 aromatic carbocycles. The highest BCUT2D eigenvalue weighted by molar-refractivity contribution is 6.39. The molecule has 1 aliphatic carbocycles. The van der Waals surface area contributed by atoms with E-state index in [0.717, 1.165) is 32.0 Å². The van der Waals surface area contributed by atoms with E-state index in [9.17, 15) is 14.0 Å². The van der Waals surface area contributed by atoms with Crippen LogP contribution in [-0.4, -0.2) is 42.4 Å². The first-order valence-electron chi connectivity index (χ1n) is 9.62. The molecule has 6 heteroatoms. The van der Waals surface area contributed by atoms with Crippen LogP contribution in [0.25, 0.3) is 0 Å². The van der Waals surface area contributed by atoms with Crippen LogP contribution in [0.2, 0.25) is 0 Å². The summed E-state index contributed by atoms with van der Waals surface area (Å²) in [7, 11) is 0. The third-order valence-electron chi connectivity index (χ3n) is 5.68. The maximum absolute atomic E-state index is 13.5. The van der Waals surface area contributed by atoms with Crippen molar-refractivity contribution in [1.29, 1.82) is 0 Å². The molecule has 142 valence electrons. The van der Waals surface area contributed by atoms with Gasteiger partial charge < -0.3 is 15.5 Å². The van der Waals surface area contributed by atoms with Crippen molar-refractivity contribution in [3.63, 3.8) is 0 Å². The van der Waals surface area contributed by atoms with Crippen LogP contribution in [0.5, 0.6) is 0 Å². The Kier molecular flexibility index (Phi) is 6.25. The number of hydrogen-bond acceptors (Lipinski definition) is 3. The molecule has 0 unspecified atom stereocenters.